The molecule has 0 saturated heterocycles. The lowest BCUT2D eigenvalue weighted by molar-refractivity contribution is -0.121. The van der Waals surface area contributed by atoms with Crippen molar-refractivity contribution in [3.05, 3.63) is 0 Å². The van der Waals surface area contributed by atoms with Gasteiger partial charge in [-0.15, -0.1) is 24.8 Å². The van der Waals surface area contributed by atoms with E-state index in [0.29, 0.717) is 18.4 Å². The molecule has 0 heterocycles. The maximum atomic E-state index is 11.4. The van der Waals surface area contributed by atoms with Crippen molar-refractivity contribution in [2.75, 3.05) is 34.2 Å². The highest BCUT2D eigenvalue weighted by atomic mass is 35.5. The van der Waals surface area contributed by atoms with Crippen molar-refractivity contribution >= 4 is 30.7 Å². The van der Waals surface area contributed by atoms with Gasteiger partial charge in [0.05, 0.1) is 0 Å². The van der Waals surface area contributed by atoms with Gasteiger partial charge in [-0.25, -0.2) is 0 Å². The Balaban J connectivity index is -0.00000112. The van der Waals surface area contributed by atoms with Crippen LogP contribution in [0.1, 0.15) is 26.7 Å². The third kappa shape index (κ3) is 12.4. The number of carbonyl (C=O) groups excluding carboxylic acids is 1. The van der Waals surface area contributed by atoms with Crippen molar-refractivity contribution in [2.45, 2.75) is 32.7 Å². The molecule has 4 nitrogen and oxygen atoms in total. The Morgan fingerprint density at radius 3 is 2.17 bits per heavy atom. The van der Waals surface area contributed by atoms with E-state index in [9.17, 15) is 4.79 Å². The first-order chi connectivity index (χ1) is 7.47. The van der Waals surface area contributed by atoms with Gasteiger partial charge in [-0.05, 0) is 33.5 Å². The molecule has 0 aliphatic rings. The molecule has 0 rings (SSSR count). The summed E-state index contributed by atoms with van der Waals surface area (Å²) in [6, 6.07) is 0.429. The van der Waals surface area contributed by atoms with Gasteiger partial charge >= 0.3 is 0 Å². The van der Waals surface area contributed by atoms with Crippen LogP contribution in [0.2, 0.25) is 0 Å². The monoisotopic (exact) mass is 301 g/mol. The Labute approximate surface area is 124 Å². The van der Waals surface area contributed by atoms with Gasteiger partial charge in [0.15, 0.2) is 0 Å². The number of halogens is 2. The number of hydrogen-bond donors (Lipinski definition) is 2. The predicted octanol–water partition coefficient (Wildman–Crippen LogP) is 1.53. The molecule has 1 atom stereocenters. The quantitative estimate of drug-likeness (QED) is 0.715. The number of nitrogens with zero attached hydrogens (tertiary/aromatic N) is 1. The van der Waals surface area contributed by atoms with Crippen LogP contribution in [0.15, 0.2) is 0 Å². The molecule has 6 heteroatoms. The summed E-state index contributed by atoms with van der Waals surface area (Å²) >= 11 is 0. The van der Waals surface area contributed by atoms with Crippen LogP contribution in [0.25, 0.3) is 0 Å². The fourth-order valence-corrected chi connectivity index (χ4v) is 1.58. The van der Waals surface area contributed by atoms with E-state index in [2.05, 4.69) is 43.5 Å². The molecule has 1 unspecified atom stereocenters. The molecule has 0 aromatic rings. The molecule has 112 valence electrons. The molecule has 2 N–H and O–H groups in total. The van der Waals surface area contributed by atoms with Crippen LogP contribution < -0.4 is 10.6 Å². The average Bonchev–Trinajstić information content (AvgIpc) is 2.20. The molecule has 18 heavy (non-hydrogen) atoms. The summed E-state index contributed by atoms with van der Waals surface area (Å²) < 4.78 is 0. The first-order valence-electron chi connectivity index (χ1n) is 6.05. The lowest BCUT2D eigenvalue weighted by Gasteiger charge is -2.26. The minimum absolute atomic E-state index is 0. The van der Waals surface area contributed by atoms with Gasteiger partial charge in [0, 0.05) is 25.6 Å². The van der Waals surface area contributed by atoms with Gasteiger partial charge in [-0.2, -0.15) is 0 Å². The van der Waals surface area contributed by atoms with Crippen molar-refractivity contribution in [3.8, 4) is 0 Å². The SMILES string of the molecule is CNCCC(=O)NCC(CC(C)C)N(C)C.Cl.Cl. The number of nitrogens with one attached hydrogen (secondary N) is 2. The van der Waals surface area contributed by atoms with Crippen molar-refractivity contribution in [1.82, 2.24) is 15.5 Å². The third-order valence-electron chi connectivity index (χ3n) is 2.61. The molecule has 0 aliphatic carbocycles. The summed E-state index contributed by atoms with van der Waals surface area (Å²) in [5, 5.41) is 5.95. The molecule has 1 amide bonds. The van der Waals surface area contributed by atoms with Crippen molar-refractivity contribution in [3.63, 3.8) is 0 Å². The highest BCUT2D eigenvalue weighted by molar-refractivity contribution is 5.85. The summed E-state index contributed by atoms with van der Waals surface area (Å²) in [6.07, 6.45) is 1.66. The number of hydrogen-bond acceptors (Lipinski definition) is 3. The zero-order valence-corrected chi connectivity index (χ0v) is 13.8. The van der Waals surface area contributed by atoms with E-state index in [-0.39, 0.29) is 30.7 Å². The van der Waals surface area contributed by atoms with Gasteiger partial charge in [-0.3, -0.25) is 4.79 Å². The van der Waals surface area contributed by atoms with Gasteiger partial charge in [0.1, 0.15) is 0 Å². The second-order valence-electron chi connectivity index (χ2n) is 4.90. The molecule has 0 aliphatic heterocycles. The summed E-state index contributed by atoms with van der Waals surface area (Å²) in [5.74, 6) is 0.784. The average molecular weight is 302 g/mol. The van der Waals surface area contributed by atoms with Crippen LogP contribution in [0, 0.1) is 5.92 Å². The lowest BCUT2D eigenvalue weighted by Crippen LogP contribution is -2.41. The summed E-state index contributed by atoms with van der Waals surface area (Å²) in [4.78, 5) is 13.6. The van der Waals surface area contributed by atoms with E-state index in [1.165, 1.54) is 0 Å². The molecule has 0 radical (unpaired) electrons. The van der Waals surface area contributed by atoms with E-state index in [4.69, 9.17) is 0 Å². The molecule has 0 aromatic heterocycles. The van der Waals surface area contributed by atoms with E-state index in [0.717, 1.165) is 19.5 Å². The largest absolute Gasteiger partial charge is 0.354 e. The van der Waals surface area contributed by atoms with Gasteiger partial charge in [0.25, 0.3) is 0 Å². The molecular formula is C12H29Cl2N3O. The third-order valence-corrected chi connectivity index (χ3v) is 2.61. The van der Waals surface area contributed by atoms with E-state index in [1.807, 2.05) is 7.05 Å². The van der Waals surface area contributed by atoms with Crippen LogP contribution in [0.4, 0.5) is 0 Å². The highest BCUT2D eigenvalue weighted by Gasteiger charge is 2.14. The predicted molar refractivity (Wildman–Crippen MR) is 83.0 cm³/mol. The number of carbonyl (C=O) groups is 1. The van der Waals surface area contributed by atoms with Crippen LogP contribution in [-0.2, 0) is 4.79 Å². The minimum atomic E-state index is 0. The van der Waals surface area contributed by atoms with Crippen LogP contribution in [0.3, 0.4) is 0 Å². The number of likely N-dealkylation sites (N-methyl/N-ethyl adjacent to an activating group) is 1. The lowest BCUT2D eigenvalue weighted by atomic mass is 10.0. The molecule has 0 fully saturated rings. The molecule has 0 saturated carbocycles. The van der Waals surface area contributed by atoms with E-state index < -0.39 is 0 Å². The van der Waals surface area contributed by atoms with Crippen LogP contribution in [0.5, 0.6) is 0 Å². The fraction of sp³-hybridized carbons (Fsp3) is 0.917. The minimum Gasteiger partial charge on any atom is -0.354 e. The highest BCUT2D eigenvalue weighted by Crippen LogP contribution is 2.07. The molecular weight excluding hydrogens is 273 g/mol. The zero-order valence-electron chi connectivity index (χ0n) is 12.2. The first-order valence-corrected chi connectivity index (χ1v) is 6.05. The van der Waals surface area contributed by atoms with Crippen molar-refractivity contribution < 1.29 is 4.79 Å². The Kier molecular flexibility index (Phi) is 17.2. The Morgan fingerprint density at radius 1 is 1.22 bits per heavy atom. The second kappa shape index (κ2) is 13.4. The summed E-state index contributed by atoms with van der Waals surface area (Å²) in [6.45, 7) is 5.90. The normalized spacial score (nSPS) is 11.7. The van der Waals surface area contributed by atoms with Crippen LogP contribution >= 0.6 is 24.8 Å². The summed E-state index contributed by atoms with van der Waals surface area (Å²) in [7, 11) is 5.98. The molecule has 0 aromatic carbocycles. The van der Waals surface area contributed by atoms with Crippen LogP contribution in [-0.4, -0.2) is 51.1 Å². The van der Waals surface area contributed by atoms with E-state index >= 15 is 0 Å². The van der Waals surface area contributed by atoms with E-state index in [1.54, 1.807) is 0 Å². The number of rotatable bonds is 8. The Bertz CT molecular complexity index is 202. The summed E-state index contributed by atoms with van der Waals surface area (Å²) in [5.41, 5.74) is 0. The van der Waals surface area contributed by atoms with Gasteiger partial charge in [0.2, 0.25) is 5.91 Å². The fourth-order valence-electron chi connectivity index (χ4n) is 1.58. The van der Waals surface area contributed by atoms with Crippen molar-refractivity contribution in [2.24, 2.45) is 5.92 Å². The standard InChI is InChI=1S/C12H27N3O.2ClH/c1-10(2)8-11(15(4)5)9-14-12(16)6-7-13-3;;/h10-11,13H,6-9H2,1-5H3,(H,14,16);2*1H. The topological polar surface area (TPSA) is 44.4 Å². The maximum absolute atomic E-state index is 11.4. The zero-order chi connectivity index (χ0) is 12.6. The Hall–Kier alpha value is -0.0300. The number of amides is 1. The second-order valence-corrected chi connectivity index (χ2v) is 4.90. The first kappa shape index (κ1) is 23.1. The Morgan fingerprint density at radius 2 is 1.78 bits per heavy atom. The molecule has 0 spiro atoms. The molecule has 0 bridgehead atoms. The van der Waals surface area contributed by atoms with Gasteiger partial charge in [-0.1, -0.05) is 13.8 Å². The van der Waals surface area contributed by atoms with Crippen molar-refractivity contribution in [1.29, 1.82) is 0 Å². The smallest absolute Gasteiger partial charge is 0.221 e. The maximum Gasteiger partial charge on any atom is 0.221 e. The van der Waals surface area contributed by atoms with Gasteiger partial charge < -0.3 is 15.5 Å².